The van der Waals surface area contributed by atoms with Crippen molar-refractivity contribution in [1.29, 1.82) is 0 Å². The summed E-state index contributed by atoms with van der Waals surface area (Å²) in [4.78, 5) is 11.7. The lowest BCUT2D eigenvalue weighted by molar-refractivity contribution is -0.150. The number of hydrogen-bond donors (Lipinski definition) is 0. The van der Waals surface area contributed by atoms with Gasteiger partial charge in [0.25, 0.3) is 0 Å². The summed E-state index contributed by atoms with van der Waals surface area (Å²) < 4.78 is 15.7. The van der Waals surface area contributed by atoms with Crippen molar-refractivity contribution in [3.05, 3.63) is 23.8 Å². The molecule has 0 bridgehead atoms. The Kier molecular flexibility index (Phi) is 6.33. The van der Waals surface area contributed by atoms with E-state index in [9.17, 15) is 4.79 Å². The quantitative estimate of drug-likeness (QED) is 0.562. The van der Waals surface area contributed by atoms with Gasteiger partial charge in [0.1, 0.15) is 0 Å². The molecule has 0 spiro atoms. The summed E-state index contributed by atoms with van der Waals surface area (Å²) in [5.74, 6) is 1.15. The molecule has 112 valence electrons. The van der Waals surface area contributed by atoms with Gasteiger partial charge in [-0.1, -0.05) is 22.0 Å². The summed E-state index contributed by atoms with van der Waals surface area (Å²) in [5, 5.41) is 0.744. The van der Waals surface area contributed by atoms with Crippen LogP contribution in [0.1, 0.15) is 19.4 Å². The molecule has 0 aromatic heterocycles. The maximum atomic E-state index is 11.7. The standard InChI is InChI=1S/C15H21BrO4/c1-15(2,14(17)19-4)10-11-5-6-12(18-3)13(9-11)20-8-7-16/h5-6,9H,7-8,10H2,1-4H3. The number of benzene rings is 1. The van der Waals surface area contributed by atoms with E-state index in [2.05, 4.69) is 15.9 Å². The Morgan fingerprint density at radius 1 is 1.25 bits per heavy atom. The minimum absolute atomic E-state index is 0.226. The zero-order valence-corrected chi connectivity index (χ0v) is 14.0. The van der Waals surface area contributed by atoms with Crippen molar-refractivity contribution >= 4 is 21.9 Å². The minimum Gasteiger partial charge on any atom is -0.493 e. The maximum Gasteiger partial charge on any atom is 0.311 e. The first kappa shape index (κ1) is 16.8. The molecule has 0 aliphatic rings. The van der Waals surface area contributed by atoms with Crippen LogP contribution in [0.5, 0.6) is 11.5 Å². The fourth-order valence-electron chi connectivity index (χ4n) is 1.95. The number of carbonyl (C=O) groups is 1. The zero-order chi connectivity index (χ0) is 15.2. The minimum atomic E-state index is -0.573. The summed E-state index contributed by atoms with van der Waals surface area (Å²) in [6.45, 7) is 4.28. The topological polar surface area (TPSA) is 44.8 Å². The highest BCUT2D eigenvalue weighted by Gasteiger charge is 2.29. The van der Waals surface area contributed by atoms with Crippen molar-refractivity contribution in [1.82, 2.24) is 0 Å². The molecule has 1 aromatic carbocycles. The molecule has 0 aliphatic heterocycles. The van der Waals surface area contributed by atoms with Crippen LogP contribution in [0.3, 0.4) is 0 Å². The van der Waals surface area contributed by atoms with E-state index in [4.69, 9.17) is 14.2 Å². The van der Waals surface area contributed by atoms with Crippen molar-refractivity contribution < 1.29 is 19.0 Å². The second-order valence-electron chi connectivity index (χ2n) is 5.07. The number of methoxy groups -OCH3 is 2. The molecular weight excluding hydrogens is 324 g/mol. The molecule has 0 saturated heterocycles. The third-order valence-electron chi connectivity index (χ3n) is 2.95. The molecule has 1 aromatic rings. The van der Waals surface area contributed by atoms with Gasteiger partial charge in [0.2, 0.25) is 0 Å². The molecule has 0 atom stereocenters. The molecule has 0 fully saturated rings. The Balaban J connectivity index is 2.93. The van der Waals surface area contributed by atoms with Gasteiger partial charge in [-0.2, -0.15) is 0 Å². The van der Waals surface area contributed by atoms with Crippen LogP contribution in [-0.4, -0.2) is 32.1 Å². The van der Waals surface area contributed by atoms with Crippen LogP contribution < -0.4 is 9.47 Å². The largest absolute Gasteiger partial charge is 0.493 e. The first-order chi connectivity index (χ1) is 9.44. The van der Waals surface area contributed by atoms with E-state index in [-0.39, 0.29) is 5.97 Å². The third-order valence-corrected chi connectivity index (χ3v) is 3.27. The molecule has 4 nitrogen and oxygen atoms in total. The van der Waals surface area contributed by atoms with Gasteiger partial charge in [-0.15, -0.1) is 0 Å². The molecule has 0 radical (unpaired) electrons. The molecule has 0 aliphatic carbocycles. The first-order valence-corrected chi connectivity index (χ1v) is 7.51. The lowest BCUT2D eigenvalue weighted by atomic mass is 9.86. The highest BCUT2D eigenvalue weighted by molar-refractivity contribution is 9.09. The number of ether oxygens (including phenoxy) is 3. The highest BCUT2D eigenvalue weighted by Crippen LogP contribution is 2.31. The Hall–Kier alpha value is -1.23. The Labute approximate surface area is 128 Å². The lowest BCUT2D eigenvalue weighted by Crippen LogP contribution is -2.28. The Morgan fingerprint density at radius 3 is 2.50 bits per heavy atom. The van der Waals surface area contributed by atoms with Crippen LogP contribution in [-0.2, 0) is 16.0 Å². The SMILES string of the molecule is COC(=O)C(C)(C)Cc1ccc(OC)c(OCCBr)c1. The van der Waals surface area contributed by atoms with Crippen LogP contribution in [0.2, 0.25) is 0 Å². The highest BCUT2D eigenvalue weighted by atomic mass is 79.9. The van der Waals surface area contributed by atoms with Gasteiger partial charge >= 0.3 is 5.97 Å². The van der Waals surface area contributed by atoms with Crippen LogP contribution in [0.15, 0.2) is 18.2 Å². The molecule has 0 saturated carbocycles. The van der Waals surface area contributed by atoms with E-state index in [0.29, 0.717) is 24.5 Å². The van der Waals surface area contributed by atoms with Crippen LogP contribution in [0, 0.1) is 5.41 Å². The molecule has 5 heteroatoms. The monoisotopic (exact) mass is 344 g/mol. The smallest absolute Gasteiger partial charge is 0.311 e. The fourth-order valence-corrected chi connectivity index (χ4v) is 2.11. The van der Waals surface area contributed by atoms with E-state index >= 15 is 0 Å². The van der Waals surface area contributed by atoms with Crippen LogP contribution in [0.25, 0.3) is 0 Å². The molecule has 0 unspecified atom stereocenters. The van der Waals surface area contributed by atoms with Gasteiger partial charge in [-0.3, -0.25) is 4.79 Å². The normalized spacial score (nSPS) is 11.1. The van der Waals surface area contributed by atoms with Crippen LogP contribution in [0.4, 0.5) is 0 Å². The van der Waals surface area contributed by atoms with Crippen molar-refractivity contribution in [2.24, 2.45) is 5.41 Å². The second kappa shape index (κ2) is 7.53. The Bertz CT molecular complexity index is 457. The molecule has 0 amide bonds. The predicted octanol–water partition coefficient (Wildman–Crippen LogP) is 3.21. The van der Waals surface area contributed by atoms with Crippen molar-refractivity contribution in [3.63, 3.8) is 0 Å². The second-order valence-corrected chi connectivity index (χ2v) is 5.87. The molecule has 20 heavy (non-hydrogen) atoms. The summed E-state index contributed by atoms with van der Waals surface area (Å²) in [5.41, 5.74) is 0.432. The maximum absolute atomic E-state index is 11.7. The fraction of sp³-hybridized carbons (Fsp3) is 0.533. The van der Waals surface area contributed by atoms with E-state index in [0.717, 1.165) is 10.9 Å². The summed E-state index contributed by atoms with van der Waals surface area (Å²) in [6.07, 6.45) is 0.578. The van der Waals surface area contributed by atoms with Crippen molar-refractivity contribution in [3.8, 4) is 11.5 Å². The average molecular weight is 345 g/mol. The van der Waals surface area contributed by atoms with E-state index in [1.165, 1.54) is 7.11 Å². The molecule has 0 heterocycles. The summed E-state index contributed by atoms with van der Waals surface area (Å²) in [7, 11) is 3.01. The van der Waals surface area contributed by atoms with E-state index in [1.54, 1.807) is 7.11 Å². The van der Waals surface area contributed by atoms with Gasteiger partial charge in [-0.25, -0.2) is 0 Å². The molecular formula is C15H21BrO4. The van der Waals surface area contributed by atoms with E-state index < -0.39 is 5.41 Å². The lowest BCUT2D eigenvalue weighted by Gasteiger charge is -2.22. The van der Waals surface area contributed by atoms with E-state index in [1.807, 2.05) is 32.0 Å². The van der Waals surface area contributed by atoms with Crippen molar-refractivity contribution in [2.45, 2.75) is 20.3 Å². The number of rotatable bonds is 7. The predicted molar refractivity (Wildman–Crippen MR) is 81.8 cm³/mol. The molecule has 1 rings (SSSR count). The zero-order valence-electron chi connectivity index (χ0n) is 12.4. The summed E-state index contributed by atoms with van der Waals surface area (Å²) in [6, 6.07) is 5.70. The third kappa shape index (κ3) is 4.40. The van der Waals surface area contributed by atoms with Gasteiger partial charge in [0.05, 0.1) is 26.2 Å². The van der Waals surface area contributed by atoms with Crippen molar-refractivity contribution in [2.75, 3.05) is 26.2 Å². The van der Waals surface area contributed by atoms with Gasteiger partial charge in [0.15, 0.2) is 11.5 Å². The number of alkyl halides is 1. The number of hydrogen-bond acceptors (Lipinski definition) is 4. The van der Waals surface area contributed by atoms with Gasteiger partial charge in [0, 0.05) is 5.33 Å². The van der Waals surface area contributed by atoms with Gasteiger partial charge < -0.3 is 14.2 Å². The molecule has 0 N–H and O–H groups in total. The summed E-state index contributed by atoms with van der Waals surface area (Å²) >= 11 is 3.32. The number of halogens is 1. The number of esters is 1. The van der Waals surface area contributed by atoms with Gasteiger partial charge in [-0.05, 0) is 38.0 Å². The first-order valence-electron chi connectivity index (χ1n) is 6.38. The number of carbonyl (C=O) groups excluding carboxylic acids is 1. The van der Waals surface area contributed by atoms with Crippen LogP contribution >= 0.6 is 15.9 Å². The Morgan fingerprint density at radius 2 is 1.95 bits per heavy atom. The average Bonchev–Trinajstić information content (AvgIpc) is 2.43.